The van der Waals surface area contributed by atoms with Gasteiger partial charge in [-0.3, -0.25) is 9.48 Å². The van der Waals surface area contributed by atoms with Crippen LogP contribution in [0, 0.1) is 3.70 Å². The van der Waals surface area contributed by atoms with Gasteiger partial charge in [0.2, 0.25) is 0 Å². The van der Waals surface area contributed by atoms with E-state index in [9.17, 15) is 9.90 Å². The molecule has 0 fully saturated rings. The molecule has 0 saturated heterocycles. The molecule has 1 heterocycles. The number of nitrogens with zero attached hydrogens (tertiary/aromatic N) is 2. The number of carbonyl (C=O) groups is 1. The zero-order chi connectivity index (χ0) is 15.8. The molecule has 0 saturated carbocycles. The van der Waals surface area contributed by atoms with Gasteiger partial charge in [0.25, 0.3) is 0 Å². The number of carbonyl (C=O) groups excluding carboxylic acids is 1. The summed E-state index contributed by atoms with van der Waals surface area (Å²) in [5.41, 5.74) is 1.04. The average molecular weight is 467 g/mol. The second-order valence-electron chi connectivity index (χ2n) is 5.65. The number of halogens is 2. The summed E-state index contributed by atoms with van der Waals surface area (Å²) in [6, 6.07) is 3.74. The second-order valence-corrected chi connectivity index (χ2v) is 7.53. The van der Waals surface area contributed by atoms with Gasteiger partial charge >= 0.3 is 5.97 Å². The molecular weight excluding hydrogens is 451 g/mol. The van der Waals surface area contributed by atoms with Crippen LogP contribution in [-0.4, -0.2) is 26.5 Å². The largest absolute Gasteiger partial charge is 0.459 e. The topological polar surface area (TPSA) is 64.4 Å². The molecule has 0 radical (unpaired) electrons. The highest BCUT2D eigenvalue weighted by Gasteiger charge is 2.19. The predicted molar refractivity (Wildman–Crippen MR) is 91.9 cm³/mol. The molecule has 114 valence electrons. The van der Waals surface area contributed by atoms with Crippen molar-refractivity contribution in [2.45, 2.75) is 39.5 Å². The van der Waals surface area contributed by atoms with Crippen molar-refractivity contribution in [1.82, 2.24) is 9.78 Å². The van der Waals surface area contributed by atoms with Crippen molar-refractivity contribution in [1.29, 1.82) is 0 Å². The number of hydrogen-bond donors (Lipinski definition) is 1. The van der Waals surface area contributed by atoms with E-state index in [-0.39, 0.29) is 19.1 Å². The van der Waals surface area contributed by atoms with Crippen LogP contribution in [0.4, 0.5) is 0 Å². The first-order valence-corrected chi connectivity index (χ1v) is 8.25. The van der Waals surface area contributed by atoms with Crippen molar-refractivity contribution in [2.24, 2.45) is 0 Å². The molecule has 0 spiro atoms. The van der Waals surface area contributed by atoms with Gasteiger partial charge in [-0.05, 0) is 61.1 Å². The third kappa shape index (κ3) is 3.95. The maximum atomic E-state index is 12.0. The number of aliphatic hydroxyl groups excluding tert-OH is 1. The van der Waals surface area contributed by atoms with Gasteiger partial charge in [-0.25, -0.2) is 0 Å². The molecule has 0 aliphatic rings. The SMILES string of the molecule is CC(C)(C)OC(=O)Cn1nc(I)c2cc(Br)c(CO)cc21. The highest BCUT2D eigenvalue weighted by Crippen LogP contribution is 2.28. The van der Waals surface area contributed by atoms with Gasteiger partial charge in [0.15, 0.2) is 0 Å². The average Bonchev–Trinajstić information content (AvgIpc) is 2.62. The van der Waals surface area contributed by atoms with Crippen LogP contribution in [0.1, 0.15) is 26.3 Å². The highest BCUT2D eigenvalue weighted by molar-refractivity contribution is 14.1. The Hall–Kier alpha value is -0.670. The van der Waals surface area contributed by atoms with Crippen LogP contribution in [-0.2, 0) is 22.7 Å². The molecule has 0 aliphatic carbocycles. The number of fused-ring (bicyclic) bond motifs is 1. The van der Waals surface area contributed by atoms with Crippen molar-refractivity contribution in [3.8, 4) is 0 Å². The standard InChI is InChI=1S/C14H16BrIN2O3/c1-14(2,3)21-12(20)6-18-11-4-8(7-19)10(15)5-9(11)13(16)17-18/h4-5,19H,6-7H2,1-3H3. The summed E-state index contributed by atoms with van der Waals surface area (Å²) < 4.78 is 8.56. The summed E-state index contributed by atoms with van der Waals surface area (Å²) >= 11 is 5.55. The Labute approximate surface area is 144 Å². The minimum atomic E-state index is -0.521. The van der Waals surface area contributed by atoms with Crippen molar-refractivity contribution < 1.29 is 14.6 Å². The molecule has 0 aliphatic heterocycles. The second kappa shape index (κ2) is 6.21. The summed E-state index contributed by atoms with van der Waals surface area (Å²) in [6.45, 7) is 5.46. The fourth-order valence-electron chi connectivity index (χ4n) is 1.94. The zero-order valence-electron chi connectivity index (χ0n) is 12.0. The molecule has 0 atom stereocenters. The van der Waals surface area contributed by atoms with Gasteiger partial charge in [0.1, 0.15) is 15.8 Å². The number of benzene rings is 1. The van der Waals surface area contributed by atoms with E-state index >= 15 is 0 Å². The van der Waals surface area contributed by atoms with Gasteiger partial charge in [0.05, 0.1) is 12.1 Å². The van der Waals surface area contributed by atoms with Crippen molar-refractivity contribution in [2.75, 3.05) is 0 Å². The van der Waals surface area contributed by atoms with Crippen LogP contribution in [0.5, 0.6) is 0 Å². The van der Waals surface area contributed by atoms with E-state index in [0.29, 0.717) is 0 Å². The molecule has 5 nitrogen and oxygen atoms in total. The van der Waals surface area contributed by atoms with Gasteiger partial charge < -0.3 is 9.84 Å². The molecule has 21 heavy (non-hydrogen) atoms. The molecule has 2 aromatic rings. The fraction of sp³-hybridized carbons (Fsp3) is 0.429. The highest BCUT2D eigenvalue weighted by atomic mass is 127. The van der Waals surface area contributed by atoms with Crippen molar-refractivity contribution in [3.05, 3.63) is 25.9 Å². The Kier molecular flexibility index (Phi) is 4.94. The Morgan fingerprint density at radius 1 is 1.48 bits per heavy atom. The predicted octanol–water partition coefficient (Wildman–Crippen LogP) is 3.24. The lowest BCUT2D eigenvalue weighted by Gasteiger charge is -2.19. The summed E-state index contributed by atoms with van der Waals surface area (Å²) in [5, 5.41) is 14.7. The minimum Gasteiger partial charge on any atom is -0.459 e. The van der Waals surface area contributed by atoms with E-state index in [1.807, 2.05) is 32.9 Å². The molecule has 1 aromatic heterocycles. The van der Waals surface area contributed by atoms with Gasteiger partial charge in [-0.15, -0.1) is 0 Å². The zero-order valence-corrected chi connectivity index (χ0v) is 15.7. The van der Waals surface area contributed by atoms with E-state index in [1.165, 1.54) is 0 Å². The number of aliphatic hydroxyl groups is 1. The van der Waals surface area contributed by atoms with Crippen molar-refractivity contribution >= 4 is 55.4 Å². The fourth-order valence-corrected chi connectivity index (χ4v) is 3.10. The van der Waals surface area contributed by atoms with Gasteiger partial charge in [0, 0.05) is 9.86 Å². The number of esters is 1. The first-order chi connectivity index (χ1) is 9.71. The number of hydrogen-bond acceptors (Lipinski definition) is 4. The molecule has 0 unspecified atom stereocenters. The van der Waals surface area contributed by atoms with E-state index < -0.39 is 5.60 Å². The van der Waals surface area contributed by atoms with E-state index in [4.69, 9.17) is 4.74 Å². The van der Waals surface area contributed by atoms with Crippen LogP contribution in [0.25, 0.3) is 10.9 Å². The summed E-state index contributed by atoms with van der Waals surface area (Å²) in [7, 11) is 0. The molecule has 0 bridgehead atoms. The van der Waals surface area contributed by atoms with Crippen LogP contribution in [0.2, 0.25) is 0 Å². The third-order valence-corrected chi connectivity index (χ3v) is 4.28. The Bertz CT molecular complexity index is 692. The van der Waals surface area contributed by atoms with Gasteiger partial charge in [-0.2, -0.15) is 5.10 Å². The summed E-state index contributed by atoms with van der Waals surface area (Å²) in [5.74, 6) is -0.336. The third-order valence-electron chi connectivity index (χ3n) is 2.74. The maximum Gasteiger partial charge on any atom is 0.328 e. The van der Waals surface area contributed by atoms with Gasteiger partial charge in [-0.1, -0.05) is 15.9 Å². The lowest BCUT2D eigenvalue weighted by atomic mass is 10.2. The smallest absolute Gasteiger partial charge is 0.328 e. The summed E-state index contributed by atoms with van der Waals surface area (Å²) in [6.07, 6.45) is 0. The molecular formula is C14H16BrIN2O3. The number of ether oxygens (including phenoxy) is 1. The molecule has 7 heteroatoms. The van der Waals surface area contributed by atoms with Crippen LogP contribution in [0.15, 0.2) is 16.6 Å². The van der Waals surface area contributed by atoms with Crippen molar-refractivity contribution in [3.63, 3.8) is 0 Å². The first-order valence-electron chi connectivity index (χ1n) is 6.38. The normalized spacial score (nSPS) is 11.9. The number of rotatable bonds is 3. The van der Waals surface area contributed by atoms with E-state index in [2.05, 4.69) is 43.6 Å². The molecule has 1 aromatic carbocycles. The maximum absolute atomic E-state index is 12.0. The number of aromatic nitrogens is 2. The Morgan fingerprint density at radius 3 is 2.71 bits per heavy atom. The van der Waals surface area contributed by atoms with E-state index in [1.54, 1.807) is 4.68 Å². The van der Waals surface area contributed by atoms with Crippen LogP contribution < -0.4 is 0 Å². The molecule has 2 rings (SSSR count). The molecule has 0 amide bonds. The van der Waals surface area contributed by atoms with Crippen LogP contribution >= 0.6 is 38.5 Å². The molecule has 1 N–H and O–H groups in total. The summed E-state index contributed by atoms with van der Waals surface area (Å²) in [4.78, 5) is 12.0. The minimum absolute atomic E-state index is 0.0449. The monoisotopic (exact) mass is 466 g/mol. The van der Waals surface area contributed by atoms with E-state index in [0.717, 1.165) is 24.6 Å². The lowest BCUT2D eigenvalue weighted by molar-refractivity contribution is -0.155. The Balaban J connectivity index is 2.38. The first kappa shape index (κ1) is 16.7. The Morgan fingerprint density at radius 2 is 2.14 bits per heavy atom. The van der Waals surface area contributed by atoms with Crippen LogP contribution in [0.3, 0.4) is 0 Å². The quantitative estimate of drug-likeness (QED) is 0.557. The lowest BCUT2D eigenvalue weighted by Crippen LogP contribution is -2.26.